The number of unbranched alkanes of at least 4 members (excludes halogenated alkanes) is 12. The minimum Gasteiger partial charge on any atom is -0.504 e. The third kappa shape index (κ3) is 8.87. The van der Waals surface area contributed by atoms with Crippen molar-refractivity contribution in [2.45, 2.75) is 117 Å². The van der Waals surface area contributed by atoms with E-state index in [-0.39, 0.29) is 11.3 Å². The Hall–Kier alpha value is -1.23. The predicted octanol–water partition coefficient (Wildman–Crippen LogP) is 8.14. The Morgan fingerprint density at radius 2 is 1.07 bits per heavy atom. The number of aromatic carboxylic acids is 1. The van der Waals surface area contributed by atoms with Crippen molar-refractivity contribution in [3.05, 3.63) is 21.2 Å². The molecule has 0 heterocycles. The van der Waals surface area contributed by atoms with Crippen LogP contribution in [-0.2, 0) is 12.8 Å². The molecule has 1 aromatic carbocycles. The predicted molar refractivity (Wildman–Crippen MR) is 128 cm³/mol. The Labute approximate surface area is 191 Å². The van der Waals surface area contributed by atoms with Crippen molar-refractivity contribution in [3.63, 3.8) is 0 Å². The summed E-state index contributed by atoms with van der Waals surface area (Å²) in [4.78, 5) is 11.9. The van der Waals surface area contributed by atoms with Crippen molar-refractivity contribution in [2.75, 3.05) is 0 Å². The number of benzene rings is 1. The molecule has 0 aromatic heterocycles. The lowest BCUT2D eigenvalue weighted by molar-refractivity contribution is 0.0691. The van der Waals surface area contributed by atoms with Crippen LogP contribution in [-0.4, -0.2) is 21.3 Å². The van der Waals surface area contributed by atoms with E-state index in [0.29, 0.717) is 22.9 Å². The molecule has 0 amide bonds. The summed E-state index contributed by atoms with van der Waals surface area (Å²) < 4.78 is 0.453. The third-order valence-corrected chi connectivity index (χ3v) is 6.73. The van der Waals surface area contributed by atoms with Crippen LogP contribution in [0.4, 0.5) is 0 Å². The molecule has 5 heteroatoms. The van der Waals surface area contributed by atoms with Crippen molar-refractivity contribution in [3.8, 4) is 11.5 Å². The second-order valence-corrected chi connectivity index (χ2v) is 9.18. The summed E-state index contributed by atoms with van der Waals surface area (Å²) in [5, 5.41) is 30.2. The van der Waals surface area contributed by atoms with E-state index < -0.39 is 11.7 Å². The average Bonchev–Trinajstić information content (AvgIpc) is 2.72. The number of hydrogen-bond donors (Lipinski definition) is 3. The fourth-order valence-corrected chi connectivity index (χ4v) is 4.70. The summed E-state index contributed by atoms with van der Waals surface area (Å²) in [6.07, 6.45) is 17.7. The largest absolute Gasteiger partial charge is 0.504 e. The molecule has 1 rings (SSSR count). The van der Waals surface area contributed by atoms with Gasteiger partial charge in [-0.05, 0) is 52.7 Å². The molecule has 0 aliphatic carbocycles. The Bertz CT molecular complexity index is 643. The van der Waals surface area contributed by atoms with Gasteiger partial charge in [-0.1, -0.05) is 90.9 Å². The molecular formula is C25H41BrO4. The maximum absolute atomic E-state index is 11.9. The molecule has 0 aliphatic heterocycles. The molecule has 0 unspecified atom stereocenters. The van der Waals surface area contributed by atoms with Gasteiger partial charge in [-0.25, -0.2) is 4.79 Å². The van der Waals surface area contributed by atoms with Crippen LogP contribution < -0.4 is 0 Å². The standard InChI is InChI=1S/C25H41BrO4/c1-3-5-7-9-11-13-15-17-19-20(18-16-14-12-10-8-6-4-2)22(26)24(28)23(27)21(19)25(29)30/h27-28H,3-18H2,1-2H3,(H,29,30). The van der Waals surface area contributed by atoms with Crippen molar-refractivity contribution < 1.29 is 20.1 Å². The van der Waals surface area contributed by atoms with Gasteiger partial charge in [0.1, 0.15) is 5.56 Å². The van der Waals surface area contributed by atoms with Crippen LogP contribution in [0.25, 0.3) is 0 Å². The van der Waals surface area contributed by atoms with Crippen LogP contribution in [0, 0.1) is 0 Å². The molecule has 4 nitrogen and oxygen atoms in total. The zero-order valence-corrected chi connectivity index (χ0v) is 20.5. The Kier molecular flexibility index (Phi) is 13.9. The summed E-state index contributed by atoms with van der Waals surface area (Å²) in [7, 11) is 0. The van der Waals surface area contributed by atoms with Crippen molar-refractivity contribution >= 4 is 21.9 Å². The van der Waals surface area contributed by atoms with E-state index in [0.717, 1.165) is 37.7 Å². The quantitative estimate of drug-likeness (QED) is 0.154. The number of carboxylic acid groups (broad SMARTS) is 1. The van der Waals surface area contributed by atoms with Crippen LogP contribution in [0.2, 0.25) is 0 Å². The number of carbonyl (C=O) groups is 1. The highest BCUT2D eigenvalue weighted by Gasteiger charge is 2.25. The molecule has 30 heavy (non-hydrogen) atoms. The van der Waals surface area contributed by atoms with Crippen LogP contribution in [0.15, 0.2) is 4.47 Å². The summed E-state index contributed by atoms with van der Waals surface area (Å²) in [5.74, 6) is -2.04. The number of halogens is 1. The average molecular weight is 486 g/mol. The Morgan fingerprint density at radius 1 is 0.667 bits per heavy atom. The monoisotopic (exact) mass is 484 g/mol. The first-order chi connectivity index (χ1) is 14.5. The van der Waals surface area contributed by atoms with Crippen LogP contribution in [0.1, 0.15) is 125 Å². The highest BCUT2D eigenvalue weighted by molar-refractivity contribution is 9.10. The molecule has 0 saturated carbocycles. The van der Waals surface area contributed by atoms with Crippen molar-refractivity contribution in [1.29, 1.82) is 0 Å². The zero-order valence-electron chi connectivity index (χ0n) is 18.9. The van der Waals surface area contributed by atoms with Crippen LogP contribution in [0.5, 0.6) is 11.5 Å². The summed E-state index contributed by atoms with van der Waals surface area (Å²) in [6.45, 7) is 4.41. The lowest BCUT2D eigenvalue weighted by atomic mass is 9.91. The second kappa shape index (κ2) is 15.6. The molecule has 0 fully saturated rings. The third-order valence-electron chi connectivity index (χ3n) is 5.87. The lowest BCUT2D eigenvalue weighted by Crippen LogP contribution is -2.09. The Morgan fingerprint density at radius 3 is 1.50 bits per heavy atom. The van der Waals surface area contributed by atoms with E-state index >= 15 is 0 Å². The number of phenolic OH excluding ortho intramolecular Hbond substituents is 1. The molecule has 0 radical (unpaired) electrons. The molecule has 1 aromatic rings. The fraction of sp³-hybridized carbons (Fsp3) is 0.720. The molecule has 0 spiro atoms. The van der Waals surface area contributed by atoms with Gasteiger partial charge in [0, 0.05) is 0 Å². The highest BCUT2D eigenvalue weighted by atomic mass is 79.9. The normalized spacial score (nSPS) is 11.2. The smallest absolute Gasteiger partial charge is 0.339 e. The summed E-state index contributed by atoms with van der Waals surface area (Å²) >= 11 is 3.42. The molecule has 0 aliphatic rings. The first-order valence-electron chi connectivity index (χ1n) is 11.9. The van der Waals surface area contributed by atoms with E-state index in [9.17, 15) is 20.1 Å². The Balaban J connectivity index is 2.81. The molecule has 0 bridgehead atoms. The van der Waals surface area contributed by atoms with Crippen molar-refractivity contribution in [1.82, 2.24) is 0 Å². The molecular weight excluding hydrogens is 444 g/mol. The van der Waals surface area contributed by atoms with Crippen molar-refractivity contribution in [2.24, 2.45) is 0 Å². The van der Waals surface area contributed by atoms with E-state index in [1.54, 1.807) is 0 Å². The fourth-order valence-electron chi connectivity index (χ4n) is 4.08. The summed E-state index contributed by atoms with van der Waals surface area (Å²) in [5.41, 5.74) is 1.41. The number of rotatable bonds is 17. The van der Waals surface area contributed by atoms with E-state index in [4.69, 9.17) is 0 Å². The maximum atomic E-state index is 11.9. The molecule has 0 saturated heterocycles. The molecule has 3 N–H and O–H groups in total. The van der Waals surface area contributed by atoms with E-state index in [2.05, 4.69) is 29.8 Å². The lowest BCUT2D eigenvalue weighted by Gasteiger charge is -2.18. The van der Waals surface area contributed by atoms with Gasteiger partial charge in [-0.2, -0.15) is 0 Å². The van der Waals surface area contributed by atoms with Gasteiger partial charge in [0.2, 0.25) is 0 Å². The van der Waals surface area contributed by atoms with Gasteiger partial charge in [0.25, 0.3) is 0 Å². The van der Waals surface area contributed by atoms with Gasteiger partial charge in [-0.3, -0.25) is 0 Å². The molecule has 0 atom stereocenters. The summed E-state index contributed by atoms with van der Waals surface area (Å²) in [6, 6.07) is 0. The minimum absolute atomic E-state index is 0.125. The second-order valence-electron chi connectivity index (χ2n) is 8.39. The number of carboxylic acids is 1. The van der Waals surface area contributed by atoms with Gasteiger partial charge in [0.05, 0.1) is 4.47 Å². The SMILES string of the molecule is CCCCCCCCCc1c(Br)c(O)c(O)c(C(=O)O)c1CCCCCCCCC. The van der Waals surface area contributed by atoms with Crippen LogP contribution in [0.3, 0.4) is 0 Å². The minimum atomic E-state index is -1.17. The van der Waals surface area contributed by atoms with Gasteiger partial charge in [0.15, 0.2) is 11.5 Å². The highest BCUT2D eigenvalue weighted by Crippen LogP contribution is 2.43. The first-order valence-corrected chi connectivity index (χ1v) is 12.7. The van der Waals surface area contributed by atoms with Gasteiger partial charge < -0.3 is 15.3 Å². The number of phenols is 2. The molecule has 172 valence electrons. The maximum Gasteiger partial charge on any atom is 0.339 e. The zero-order chi connectivity index (χ0) is 22.4. The first kappa shape index (κ1) is 26.8. The topological polar surface area (TPSA) is 77.8 Å². The van der Waals surface area contributed by atoms with E-state index in [1.807, 2.05) is 0 Å². The van der Waals surface area contributed by atoms with E-state index in [1.165, 1.54) is 57.8 Å². The number of hydrogen-bond acceptors (Lipinski definition) is 3. The number of aromatic hydroxyl groups is 2. The van der Waals surface area contributed by atoms with Crippen LogP contribution >= 0.6 is 15.9 Å². The van der Waals surface area contributed by atoms with Gasteiger partial charge in [-0.15, -0.1) is 0 Å². The van der Waals surface area contributed by atoms with Gasteiger partial charge >= 0.3 is 5.97 Å².